The van der Waals surface area contributed by atoms with Crippen molar-refractivity contribution < 1.29 is 13.2 Å². The van der Waals surface area contributed by atoms with Crippen LogP contribution in [-0.4, -0.2) is 71.4 Å². The molecule has 48 heavy (non-hydrogen) atoms. The molecule has 3 saturated heterocycles. The molecule has 1 aromatic heterocycles. The lowest BCUT2D eigenvalue weighted by atomic mass is 9.70. The summed E-state index contributed by atoms with van der Waals surface area (Å²) in [7, 11) is -3.78. The molecule has 2 unspecified atom stereocenters. The first kappa shape index (κ1) is 32.0. The highest BCUT2D eigenvalue weighted by Gasteiger charge is 2.44. The van der Waals surface area contributed by atoms with Crippen LogP contribution in [0.5, 0.6) is 0 Å². The normalized spacial score (nSPS) is 24.3. The van der Waals surface area contributed by atoms with Crippen molar-refractivity contribution in [1.82, 2.24) is 24.1 Å². The lowest BCUT2D eigenvalue weighted by Crippen LogP contribution is -2.49. The van der Waals surface area contributed by atoms with E-state index in [-0.39, 0.29) is 27.3 Å². The van der Waals surface area contributed by atoms with Crippen molar-refractivity contribution in [2.45, 2.75) is 99.2 Å². The van der Waals surface area contributed by atoms with Crippen LogP contribution in [-0.2, 0) is 15.4 Å². The SMILES string of the molecule is Cc1nc2ccccc2n1C1CC2CCC(C1)N2CCC1(c2ccccc2)CCN(C(=O)c2ccc(Cl)c(S(=O)(=O)NC3CC3)c2)CC1. The Balaban J connectivity index is 0.967. The molecule has 2 atom stereocenters. The van der Waals surface area contributed by atoms with Crippen LogP contribution >= 0.6 is 11.6 Å². The van der Waals surface area contributed by atoms with Gasteiger partial charge < -0.3 is 9.47 Å². The minimum atomic E-state index is -3.78. The predicted octanol–water partition coefficient (Wildman–Crippen LogP) is 6.87. The van der Waals surface area contributed by atoms with E-state index < -0.39 is 10.0 Å². The molecule has 0 spiro atoms. The van der Waals surface area contributed by atoms with Gasteiger partial charge in [-0.25, -0.2) is 18.1 Å². The van der Waals surface area contributed by atoms with Gasteiger partial charge in [0.15, 0.2) is 0 Å². The zero-order chi connectivity index (χ0) is 33.0. The first-order chi connectivity index (χ1) is 23.2. The standard InChI is InChI=1S/C38H44ClN5O3S/c1-26-40-34-9-5-6-10-35(34)44(26)32-24-30-14-15-31(25-32)43(30)22-19-38(28-7-3-2-4-8-28)17-20-42(21-18-38)37(45)27-11-16-33(39)36(23-27)48(46,47)41-29-12-13-29/h2-11,16,23,29-32,41H,12-15,17-22,24-25H2,1H3. The second kappa shape index (κ2) is 12.6. The summed E-state index contributed by atoms with van der Waals surface area (Å²) in [6.07, 6.45) is 9.28. The van der Waals surface area contributed by atoms with Crippen LogP contribution in [0.2, 0.25) is 5.02 Å². The average molecular weight is 686 g/mol. The van der Waals surface area contributed by atoms with E-state index in [0.29, 0.717) is 36.8 Å². The molecule has 4 aromatic rings. The second-order valence-electron chi connectivity index (χ2n) is 14.5. The van der Waals surface area contributed by atoms with Crippen LogP contribution in [0.15, 0.2) is 77.7 Å². The van der Waals surface area contributed by atoms with E-state index in [1.807, 2.05) is 4.90 Å². The number of rotatable bonds is 9. The molecule has 1 amide bonds. The third kappa shape index (κ3) is 5.97. The van der Waals surface area contributed by atoms with E-state index >= 15 is 0 Å². The number of aromatic nitrogens is 2. The Morgan fingerprint density at radius 1 is 0.917 bits per heavy atom. The smallest absolute Gasteiger partial charge is 0.253 e. The third-order valence-corrected chi connectivity index (χ3v) is 13.6. The van der Waals surface area contributed by atoms with Gasteiger partial charge in [-0.1, -0.05) is 54.1 Å². The molecule has 4 heterocycles. The number of hydrogen-bond donors (Lipinski definition) is 1. The van der Waals surface area contributed by atoms with Gasteiger partial charge in [-0.3, -0.25) is 9.69 Å². The predicted molar refractivity (Wildman–Crippen MR) is 189 cm³/mol. The number of carbonyl (C=O) groups excluding carboxylic acids is 1. The van der Waals surface area contributed by atoms with Gasteiger partial charge in [0, 0.05) is 42.8 Å². The first-order valence-corrected chi connectivity index (χ1v) is 19.4. The Labute approximate surface area is 288 Å². The van der Waals surface area contributed by atoms with Gasteiger partial charge in [0.1, 0.15) is 10.7 Å². The quantitative estimate of drug-likeness (QED) is 0.208. The third-order valence-electron chi connectivity index (χ3n) is 11.6. The fraction of sp³-hybridized carbons (Fsp3) is 0.474. The van der Waals surface area contributed by atoms with Gasteiger partial charge in [-0.15, -0.1) is 0 Å². The lowest BCUT2D eigenvalue weighted by Gasteiger charge is -2.45. The molecule has 252 valence electrons. The molecular formula is C38H44ClN5O3S. The van der Waals surface area contributed by atoms with E-state index in [1.165, 1.54) is 36.1 Å². The zero-order valence-electron chi connectivity index (χ0n) is 27.5. The molecule has 1 saturated carbocycles. The average Bonchev–Trinajstić information content (AvgIpc) is 3.78. The number of nitrogens with one attached hydrogen (secondary N) is 1. The fourth-order valence-corrected chi connectivity index (χ4v) is 10.7. The van der Waals surface area contributed by atoms with Crippen molar-refractivity contribution in [1.29, 1.82) is 0 Å². The minimum Gasteiger partial charge on any atom is -0.339 e. The maximum Gasteiger partial charge on any atom is 0.253 e. The van der Waals surface area contributed by atoms with Gasteiger partial charge in [0.25, 0.3) is 5.91 Å². The summed E-state index contributed by atoms with van der Waals surface area (Å²) in [4.78, 5) is 23.3. The second-order valence-corrected chi connectivity index (χ2v) is 16.6. The Hall–Kier alpha value is -3.24. The Bertz CT molecular complexity index is 1920. The summed E-state index contributed by atoms with van der Waals surface area (Å²) in [6, 6.07) is 25.6. The molecule has 3 aliphatic heterocycles. The van der Waals surface area contributed by atoms with Crippen LogP contribution in [0.1, 0.15) is 85.6 Å². The number of amides is 1. The molecule has 10 heteroatoms. The topological polar surface area (TPSA) is 87.5 Å². The van der Waals surface area contributed by atoms with Gasteiger partial charge in [0.2, 0.25) is 10.0 Å². The summed E-state index contributed by atoms with van der Waals surface area (Å²) in [5.74, 6) is 0.975. The van der Waals surface area contributed by atoms with Crippen molar-refractivity contribution >= 4 is 38.6 Å². The Morgan fingerprint density at radius 3 is 2.31 bits per heavy atom. The summed E-state index contributed by atoms with van der Waals surface area (Å²) in [5.41, 5.74) is 4.04. The first-order valence-electron chi connectivity index (χ1n) is 17.6. The summed E-state index contributed by atoms with van der Waals surface area (Å²) >= 11 is 6.32. The monoisotopic (exact) mass is 685 g/mol. The van der Waals surface area contributed by atoms with Crippen molar-refractivity contribution in [3.8, 4) is 0 Å². The van der Waals surface area contributed by atoms with Crippen LogP contribution < -0.4 is 4.72 Å². The largest absolute Gasteiger partial charge is 0.339 e. The summed E-state index contributed by atoms with van der Waals surface area (Å²) in [5, 5.41) is 0.132. The maximum atomic E-state index is 13.8. The number of piperidine rings is 2. The van der Waals surface area contributed by atoms with Crippen LogP contribution in [0.4, 0.5) is 0 Å². The number of para-hydroxylation sites is 2. The molecule has 4 aliphatic rings. The maximum absolute atomic E-state index is 13.8. The van der Waals surface area contributed by atoms with Gasteiger partial charge in [-0.2, -0.15) is 0 Å². The highest BCUT2D eigenvalue weighted by molar-refractivity contribution is 7.89. The molecule has 4 fully saturated rings. The number of hydrogen-bond acceptors (Lipinski definition) is 5. The highest BCUT2D eigenvalue weighted by atomic mass is 35.5. The van der Waals surface area contributed by atoms with Crippen molar-refractivity contribution in [3.63, 3.8) is 0 Å². The van der Waals surface area contributed by atoms with E-state index in [1.54, 1.807) is 6.07 Å². The molecule has 3 aromatic carbocycles. The Kier molecular flexibility index (Phi) is 8.38. The number of halogens is 1. The number of sulfonamides is 1. The van der Waals surface area contributed by atoms with Crippen LogP contribution in [0.25, 0.3) is 11.0 Å². The molecule has 8 rings (SSSR count). The molecular weight excluding hydrogens is 642 g/mol. The zero-order valence-corrected chi connectivity index (χ0v) is 29.1. The van der Waals surface area contributed by atoms with Crippen LogP contribution in [0.3, 0.4) is 0 Å². The number of benzene rings is 3. The van der Waals surface area contributed by atoms with E-state index in [0.717, 1.165) is 62.8 Å². The molecule has 0 radical (unpaired) electrons. The van der Waals surface area contributed by atoms with E-state index in [2.05, 4.69) is 75.7 Å². The van der Waals surface area contributed by atoms with Gasteiger partial charge >= 0.3 is 0 Å². The Morgan fingerprint density at radius 2 is 1.60 bits per heavy atom. The lowest BCUT2D eigenvalue weighted by molar-refractivity contribution is 0.0606. The minimum absolute atomic E-state index is 0.0197. The van der Waals surface area contributed by atoms with Gasteiger partial charge in [0.05, 0.1) is 16.1 Å². The number of imidazole rings is 1. The van der Waals surface area contributed by atoms with Crippen molar-refractivity contribution in [3.05, 3.63) is 94.8 Å². The van der Waals surface area contributed by atoms with Crippen molar-refractivity contribution in [2.24, 2.45) is 0 Å². The number of likely N-dealkylation sites (tertiary alicyclic amines) is 1. The molecule has 8 nitrogen and oxygen atoms in total. The number of aryl methyl sites for hydroxylation is 1. The molecule has 1 N–H and O–H groups in total. The van der Waals surface area contributed by atoms with Crippen LogP contribution in [0, 0.1) is 6.92 Å². The van der Waals surface area contributed by atoms with Gasteiger partial charge in [-0.05, 0) is 113 Å². The van der Waals surface area contributed by atoms with E-state index in [4.69, 9.17) is 16.6 Å². The fourth-order valence-electron chi connectivity index (χ4n) is 8.91. The molecule has 1 aliphatic carbocycles. The number of nitrogens with zero attached hydrogens (tertiary/aromatic N) is 4. The van der Waals surface area contributed by atoms with Crippen molar-refractivity contribution in [2.75, 3.05) is 19.6 Å². The van der Waals surface area contributed by atoms with E-state index in [9.17, 15) is 13.2 Å². The summed E-state index contributed by atoms with van der Waals surface area (Å²) < 4.78 is 31.1. The highest BCUT2D eigenvalue weighted by Crippen LogP contribution is 2.45. The molecule has 2 bridgehead atoms. The number of fused-ring (bicyclic) bond motifs is 3. The summed E-state index contributed by atoms with van der Waals surface area (Å²) in [6.45, 7) is 4.46. The number of carbonyl (C=O) groups is 1.